The number of hydrogen-bond acceptors (Lipinski definition) is 5. The first kappa shape index (κ1) is 14.9. The van der Waals surface area contributed by atoms with Crippen molar-refractivity contribution in [3.63, 3.8) is 0 Å². The highest BCUT2D eigenvalue weighted by Gasteiger charge is 2.18. The summed E-state index contributed by atoms with van der Waals surface area (Å²) in [5, 5.41) is 10.0. The Morgan fingerprint density at radius 2 is 2.55 bits per heavy atom. The van der Waals surface area contributed by atoms with Crippen molar-refractivity contribution in [2.24, 2.45) is 5.92 Å². The maximum atomic E-state index is 12.0. The van der Waals surface area contributed by atoms with Gasteiger partial charge < -0.3 is 10.1 Å². The Hall–Kier alpha value is -1.99. The zero-order chi connectivity index (χ0) is 15.4. The largest absolute Gasteiger partial charge is 0.381 e. The summed E-state index contributed by atoms with van der Waals surface area (Å²) in [6.07, 6.45) is 5.93. The first-order chi connectivity index (χ1) is 10.7. The molecule has 1 atom stereocenters. The van der Waals surface area contributed by atoms with Gasteiger partial charge in [0.25, 0.3) is 0 Å². The SMILES string of the molecule is Cc1nc(/C=C/C(=O)Nc2ccnn2CC2CCOC2)cs1. The van der Waals surface area contributed by atoms with Crippen molar-refractivity contribution >= 4 is 29.1 Å². The predicted octanol–water partition coefficient (Wildman–Crippen LogP) is 2.34. The number of nitrogens with one attached hydrogen (secondary N) is 1. The molecule has 2 aromatic heterocycles. The summed E-state index contributed by atoms with van der Waals surface area (Å²) in [6, 6.07) is 1.80. The number of nitrogens with zero attached hydrogens (tertiary/aromatic N) is 3. The highest BCUT2D eigenvalue weighted by atomic mass is 32.1. The van der Waals surface area contributed by atoms with Crippen LogP contribution in [0.25, 0.3) is 6.08 Å². The van der Waals surface area contributed by atoms with Gasteiger partial charge >= 0.3 is 0 Å². The third kappa shape index (κ3) is 3.80. The molecule has 1 amide bonds. The van der Waals surface area contributed by atoms with Crippen LogP contribution in [0.2, 0.25) is 0 Å². The molecule has 1 N–H and O–H groups in total. The fourth-order valence-electron chi connectivity index (χ4n) is 2.34. The van der Waals surface area contributed by atoms with Gasteiger partial charge in [0.05, 0.1) is 23.5 Å². The minimum absolute atomic E-state index is 0.185. The van der Waals surface area contributed by atoms with E-state index in [0.717, 1.165) is 36.9 Å². The normalized spacial score (nSPS) is 18.1. The maximum Gasteiger partial charge on any atom is 0.249 e. The molecule has 0 bridgehead atoms. The first-order valence-electron chi connectivity index (χ1n) is 7.21. The molecular formula is C15H18N4O2S. The van der Waals surface area contributed by atoms with E-state index in [4.69, 9.17) is 4.74 Å². The molecule has 0 radical (unpaired) electrons. The molecule has 0 aliphatic carbocycles. The molecule has 6 nitrogen and oxygen atoms in total. The number of carbonyl (C=O) groups is 1. The average molecular weight is 318 g/mol. The van der Waals surface area contributed by atoms with Crippen LogP contribution in [0.1, 0.15) is 17.1 Å². The van der Waals surface area contributed by atoms with Crippen LogP contribution in [0.4, 0.5) is 5.82 Å². The fourth-order valence-corrected chi connectivity index (χ4v) is 2.92. The van der Waals surface area contributed by atoms with E-state index < -0.39 is 0 Å². The zero-order valence-electron chi connectivity index (χ0n) is 12.4. The summed E-state index contributed by atoms with van der Waals surface area (Å²) >= 11 is 1.56. The summed E-state index contributed by atoms with van der Waals surface area (Å²) in [5.74, 6) is 0.982. The monoisotopic (exact) mass is 318 g/mol. The van der Waals surface area contributed by atoms with E-state index in [1.54, 1.807) is 29.7 Å². The van der Waals surface area contributed by atoms with Gasteiger partial charge in [-0.25, -0.2) is 9.67 Å². The van der Waals surface area contributed by atoms with Gasteiger partial charge in [0.2, 0.25) is 5.91 Å². The second-order valence-corrected chi connectivity index (χ2v) is 6.30. The number of ether oxygens (including phenoxy) is 1. The van der Waals surface area contributed by atoms with Gasteiger partial charge in [-0.1, -0.05) is 0 Å². The van der Waals surface area contributed by atoms with E-state index in [-0.39, 0.29) is 5.91 Å². The maximum absolute atomic E-state index is 12.0. The molecule has 1 saturated heterocycles. The Morgan fingerprint density at radius 3 is 3.27 bits per heavy atom. The van der Waals surface area contributed by atoms with Gasteiger partial charge in [0.1, 0.15) is 5.82 Å². The Balaban J connectivity index is 1.59. The number of amides is 1. The molecule has 7 heteroatoms. The molecule has 1 aliphatic rings. The Bertz CT molecular complexity index is 671. The highest BCUT2D eigenvalue weighted by Crippen LogP contribution is 2.17. The van der Waals surface area contributed by atoms with Crippen molar-refractivity contribution in [2.45, 2.75) is 19.9 Å². The number of anilines is 1. The molecule has 1 fully saturated rings. The molecule has 3 heterocycles. The summed E-state index contributed by atoms with van der Waals surface area (Å²) in [7, 11) is 0. The van der Waals surface area contributed by atoms with Crippen molar-refractivity contribution in [1.29, 1.82) is 0 Å². The fraction of sp³-hybridized carbons (Fsp3) is 0.400. The smallest absolute Gasteiger partial charge is 0.249 e. The van der Waals surface area contributed by atoms with Gasteiger partial charge in [-0.05, 0) is 19.4 Å². The Labute approximate surface area is 132 Å². The van der Waals surface area contributed by atoms with Gasteiger partial charge in [-0.2, -0.15) is 5.10 Å². The van der Waals surface area contributed by atoms with Gasteiger partial charge in [0.15, 0.2) is 0 Å². The van der Waals surface area contributed by atoms with Crippen LogP contribution in [-0.4, -0.2) is 33.9 Å². The van der Waals surface area contributed by atoms with E-state index in [1.165, 1.54) is 6.08 Å². The van der Waals surface area contributed by atoms with Crippen molar-refractivity contribution in [3.05, 3.63) is 34.4 Å². The van der Waals surface area contributed by atoms with Crippen LogP contribution in [0, 0.1) is 12.8 Å². The summed E-state index contributed by atoms with van der Waals surface area (Å²) in [5.41, 5.74) is 0.800. The quantitative estimate of drug-likeness (QED) is 0.859. The lowest BCUT2D eigenvalue weighted by Crippen LogP contribution is -2.17. The van der Waals surface area contributed by atoms with Crippen molar-refractivity contribution in [2.75, 3.05) is 18.5 Å². The molecule has 0 spiro atoms. The van der Waals surface area contributed by atoms with E-state index in [9.17, 15) is 4.79 Å². The summed E-state index contributed by atoms with van der Waals surface area (Å²) in [6.45, 7) is 4.27. The number of carbonyl (C=O) groups excluding carboxylic acids is 1. The lowest BCUT2D eigenvalue weighted by Gasteiger charge is -2.11. The molecule has 1 unspecified atom stereocenters. The van der Waals surface area contributed by atoms with E-state index in [1.807, 2.05) is 17.0 Å². The molecule has 22 heavy (non-hydrogen) atoms. The summed E-state index contributed by atoms with van der Waals surface area (Å²) in [4.78, 5) is 16.3. The number of hydrogen-bond donors (Lipinski definition) is 1. The topological polar surface area (TPSA) is 69.0 Å². The van der Waals surface area contributed by atoms with E-state index in [2.05, 4.69) is 15.4 Å². The molecule has 0 aromatic carbocycles. The van der Waals surface area contributed by atoms with Crippen LogP contribution < -0.4 is 5.32 Å². The second kappa shape index (κ2) is 6.85. The van der Waals surface area contributed by atoms with E-state index >= 15 is 0 Å². The van der Waals surface area contributed by atoms with Gasteiger partial charge in [-0.15, -0.1) is 11.3 Å². The second-order valence-electron chi connectivity index (χ2n) is 5.24. The van der Waals surface area contributed by atoms with Crippen LogP contribution in [0.3, 0.4) is 0 Å². The molecule has 3 rings (SSSR count). The third-order valence-electron chi connectivity index (χ3n) is 3.47. The number of thiazole rings is 1. The average Bonchev–Trinajstić information content (AvgIpc) is 3.22. The molecule has 0 saturated carbocycles. The molecule has 2 aromatic rings. The molecule has 116 valence electrons. The zero-order valence-corrected chi connectivity index (χ0v) is 13.2. The first-order valence-corrected chi connectivity index (χ1v) is 8.09. The number of aromatic nitrogens is 3. The van der Waals surface area contributed by atoms with Crippen LogP contribution in [0.15, 0.2) is 23.7 Å². The number of aryl methyl sites for hydroxylation is 1. The van der Waals surface area contributed by atoms with Gasteiger partial charge in [0, 0.05) is 36.6 Å². The van der Waals surface area contributed by atoms with Crippen molar-refractivity contribution < 1.29 is 9.53 Å². The standard InChI is InChI=1S/C15H18N4O2S/c1-11-17-13(10-22-11)2-3-15(20)18-14-4-6-16-19(14)8-12-5-7-21-9-12/h2-4,6,10,12H,5,7-9H2,1H3,(H,18,20)/b3-2+. The molecule has 1 aliphatic heterocycles. The Morgan fingerprint density at radius 1 is 1.64 bits per heavy atom. The number of rotatable bonds is 5. The lowest BCUT2D eigenvalue weighted by atomic mass is 10.1. The van der Waals surface area contributed by atoms with Crippen LogP contribution in [-0.2, 0) is 16.1 Å². The minimum atomic E-state index is -0.185. The van der Waals surface area contributed by atoms with Crippen molar-refractivity contribution in [3.8, 4) is 0 Å². The Kier molecular flexibility index (Phi) is 4.65. The van der Waals surface area contributed by atoms with Crippen LogP contribution >= 0.6 is 11.3 Å². The third-order valence-corrected chi connectivity index (χ3v) is 4.26. The highest BCUT2D eigenvalue weighted by molar-refractivity contribution is 7.09. The minimum Gasteiger partial charge on any atom is -0.381 e. The summed E-state index contributed by atoms with van der Waals surface area (Å²) < 4.78 is 7.19. The molecular weight excluding hydrogens is 300 g/mol. The predicted molar refractivity (Wildman–Crippen MR) is 85.7 cm³/mol. The van der Waals surface area contributed by atoms with Crippen molar-refractivity contribution in [1.82, 2.24) is 14.8 Å². The lowest BCUT2D eigenvalue weighted by molar-refractivity contribution is -0.111. The van der Waals surface area contributed by atoms with Gasteiger partial charge in [-0.3, -0.25) is 4.79 Å². The van der Waals surface area contributed by atoms with Crippen LogP contribution in [0.5, 0.6) is 0 Å². The van der Waals surface area contributed by atoms with E-state index in [0.29, 0.717) is 11.7 Å².